The standard InChI is InChI=1S/C22H21ClN4O6S/c1-14-3-8-18(9-4-14)34(30,31)25-13-17-7-6-16(33-17)12-24-27-22(29)21(28)26-15-5-10-20(32-2)19(23)11-15/h3-12,25H,13H2,1-2H3,(H,26,28)(H,27,29)/b24-12+. The van der Waals surface area contributed by atoms with E-state index < -0.39 is 21.8 Å². The molecule has 2 amide bonds. The maximum absolute atomic E-state index is 12.3. The van der Waals surface area contributed by atoms with Crippen LogP contribution in [-0.4, -0.2) is 33.6 Å². The molecule has 0 saturated heterocycles. The number of benzene rings is 2. The molecule has 0 radical (unpaired) electrons. The molecule has 1 aromatic heterocycles. The van der Waals surface area contributed by atoms with Gasteiger partial charge in [-0.2, -0.15) is 5.10 Å². The van der Waals surface area contributed by atoms with E-state index in [0.717, 1.165) is 5.56 Å². The first-order valence-electron chi connectivity index (χ1n) is 9.81. The van der Waals surface area contributed by atoms with Crippen molar-refractivity contribution >= 4 is 45.3 Å². The first-order chi connectivity index (χ1) is 16.2. The number of nitrogens with one attached hydrogen (secondary N) is 3. The van der Waals surface area contributed by atoms with E-state index in [0.29, 0.717) is 17.2 Å². The number of halogens is 1. The maximum atomic E-state index is 12.3. The third-order valence-electron chi connectivity index (χ3n) is 4.42. The van der Waals surface area contributed by atoms with Crippen LogP contribution < -0.4 is 20.2 Å². The molecule has 34 heavy (non-hydrogen) atoms. The van der Waals surface area contributed by atoms with Gasteiger partial charge in [-0.25, -0.2) is 18.6 Å². The van der Waals surface area contributed by atoms with Crippen LogP contribution in [0.5, 0.6) is 5.75 Å². The van der Waals surface area contributed by atoms with Crippen LogP contribution in [0.15, 0.2) is 69.0 Å². The Balaban J connectivity index is 1.50. The van der Waals surface area contributed by atoms with Gasteiger partial charge in [0, 0.05) is 5.69 Å². The number of aryl methyl sites for hydroxylation is 1. The second-order valence-corrected chi connectivity index (χ2v) is 9.12. The predicted molar refractivity (Wildman–Crippen MR) is 126 cm³/mol. The molecule has 178 valence electrons. The van der Waals surface area contributed by atoms with E-state index >= 15 is 0 Å². The summed E-state index contributed by atoms with van der Waals surface area (Å²) in [4.78, 5) is 24.0. The summed E-state index contributed by atoms with van der Waals surface area (Å²) >= 11 is 5.98. The second kappa shape index (κ2) is 11.0. The Kier molecular flexibility index (Phi) is 8.05. The third-order valence-corrected chi connectivity index (χ3v) is 6.14. The van der Waals surface area contributed by atoms with Crippen LogP contribution in [0.3, 0.4) is 0 Å². The molecule has 0 atom stereocenters. The van der Waals surface area contributed by atoms with Gasteiger partial charge in [0.05, 0.1) is 29.8 Å². The first-order valence-corrected chi connectivity index (χ1v) is 11.7. The Hall–Kier alpha value is -3.67. The van der Waals surface area contributed by atoms with Gasteiger partial charge in [0.2, 0.25) is 10.0 Å². The Bertz CT molecular complexity index is 1320. The topological polar surface area (TPSA) is 139 Å². The molecule has 0 fully saturated rings. The van der Waals surface area contributed by atoms with Gasteiger partial charge < -0.3 is 14.5 Å². The molecule has 0 unspecified atom stereocenters. The van der Waals surface area contributed by atoms with Gasteiger partial charge in [0.25, 0.3) is 0 Å². The third kappa shape index (κ3) is 6.67. The number of nitrogens with zero attached hydrogens (tertiary/aromatic N) is 1. The number of hydrogen-bond donors (Lipinski definition) is 3. The first kappa shape index (κ1) is 25.0. The zero-order chi connectivity index (χ0) is 24.7. The smallest absolute Gasteiger partial charge is 0.329 e. The van der Waals surface area contributed by atoms with Crippen molar-refractivity contribution < 1.29 is 27.2 Å². The van der Waals surface area contributed by atoms with E-state index in [1.807, 2.05) is 6.92 Å². The molecule has 1 heterocycles. The number of carbonyl (C=O) groups is 2. The number of rotatable bonds is 8. The van der Waals surface area contributed by atoms with Crippen molar-refractivity contribution in [2.24, 2.45) is 5.10 Å². The lowest BCUT2D eigenvalue weighted by molar-refractivity contribution is -0.136. The van der Waals surface area contributed by atoms with E-state index in [4.69, 9.17) is 20.8 Å². The lowest BCUT2D eigenvalue weighted by atomic mass is 10.2. The Morgan fingerprint density at radius 3 is 2.50 bits per heavy atom. The minimum atomic E-state index is -3.70. The fourth-order valence-electron chi connectivity index (χ4n) is 2.66. The van der Waals surface area contributed by atoms with E-state index in [1.165, 1.54) is 43.7 Å². The number of ether oxygens (including phenoxy) is 1. The normalized spacial score (nSPS) is 11.4. The average Bonchev–Trinajstić information content (AvgIpc) is 3.26. The molecule has 0 saturated carbocycles. The highest BCUT2D eigenvalue weighted by Gasteiger charge is 2.15. The highest BCUT2D eigenvalue weighted by Crippen LogP contribution is 2.27. The van der Waals surface area contributed by atoms with Crippen LogP contribution in [0.1, 0.15) is 17.1 Å². The Morgan fingerprint density at radius 2 is 1.82 bits per heavy atom. The highest BCUT2D eigenvalue weighted by atomic mass is 35.5. The van der Waals surface area contributed by atoms with E-state index in [9.17, 15) is 18.0 Å². The Labute approximate surface area is 201 Å². The van der Waals surface area contributed by atoms with E-state index in [1.54, 1.807) is 24.3 Å². The lowest BCUT2D eigenvalue weighted by Crippen LogP contribution is -2.32. The van der Waals surface area contributed by atoms with Crippen molar-refractivity contribution in [3.63, 3.8) is 0 Å². The number of amides is 2. The summed E-state index contributed by atoms with van der Waals surface area (Å²) in [6.07, 6.45) is 1.17. The van der Waals surface area contributed by atoms with Crippen LogP contribution in [0.25, 0.3) is 0 Å². The van der Waals surface area contributed by atoms with Crippen molar-refractivity contribution in [2.45, 2.75) is 18.4 Å². The zero-order valence-corrected chi connectivity index (χ0v) is 19.7. The van der Waals surface area contributed by atoms with Gasteiger partial charge in [-0.05, 0) is 49.4 Å². The van der Waals surface area contributed by atoms with Gasteiger partial charge in [-0.15, -0.1) is 0 Å². The van der Waals surface area contributed by atoms with Crippen molar-refractivity contribution in [3.05, 3.63) is 76.7 Å². The van der Waals surface area contributed by atoms with Gasteiger partial charge >= 0.3 is 11.8 Å². The minimum absolute atomic E-state index is 0.0801. The number of carbonyl (C=O) groups excluding carboxylic acids is 2. The second-order valence-electron chi connectivity index (χ2n) is 6.94. The molecule has 0 spiro atoms. The largest absolute Gasteiger partial charge is 0.495 e. The highest BCUT2D eigenvalue weighted by molar-refractivity contribution is 7.89. The summed E-state index contributed by atoms with van der Waals surface area (Å²) in [6, 6.07) is 14.0. The molecular weight excluding hydrogens is 484 g/mol. The van der Waals surface area contributed by atoms with Crippen molar-refractivity contribution in [1.29, 1.82) is 0 Å². The molecule has 0 aliphatic rings. The van der Waals surface area contributed by atoms with Crippen LogP contribution in [0.2, 0.25) is 5.02 Å². The van der Waals surface area contributed by atoms with Crippen molar-refractivity contribution in [1.82, 2.24) is 10.1 Å². The minimum Gasteiger partial charge on any atom is -0.495 e. The summed E-state index contributed by atoms with van der Waals surface area (Å²) < 4.78 is 37.6. The van der Waals surface area contributed by atoms with Crippen LogP contribution in [0, 0.1) is 6.92 Å². The van der Waals surface area contributed by atoms with Gasteiger partial charge in [0.15, 0.2) is 0 Å². The molecule has 2 aromatic carbocycles. The molecule has 3 aromatic rings. The van der Waals surface area contributed by atoms with Crippen molar-refractivity contribution in [2.75, 3.05) is 12.4 Å². The number of hydrogen-bond acceptors (Lipinski definition) is 7. The van der Waals surface area contributed by atoms with Crippen LogP contribution in [-0.2, 0) is 26.2 Å². The Morgan fingerprint density at radius 1 is 1.09 bits per heavy atom. The number of hydrazone groups is 1. The molecule has 12 heteroatoms. The quantitative estimate of drug-likeness (QED) is 0.245. The number of furan rings is 1. The summed E-state index contributed by atoms with van der Waals surface area (Å²) in [6.45, 7) is 1.78. The lowest BCUT2D eigenvalue weighted by Gasteiger charge is -2.07. The van der Waals surface area contributed by atoms with Gasteiger partial charge in [-0.1, -0.05) is 29.3 Å². The molecule has 0 aliphatic carbocycles. The fourth-order valence-corrected chi connectivity index (χ4v) is 3.91. The number of sulfonamides is 1. The van der Waals surface area contributed by atoms with Gasteiger partial charge in [0.1, 0.15) is 17.3 Å². The molecule has 10 nitrogen and oxygen atoms in total. The molecule has 3 rings (SSSR count). The number of anilines is 1. The van der Waals surface area contributed by atoms with Crippen LogP contribution in [0.4, 0.5) is 5.69 Å². The molecule has 0 aliphatic heterocycles. The summed E-state index contributed by atoms with van der Waals surface area (Å²) in [5.41, 5.74) is 3.32. The summed E-state index contributed by atoms with van der Waals surface area (Å²) in [7, 11) is -2.24. The maximum Gasteiger partial charge on any atom is 0.329 e. The summed E-state index contributed by atoms with van der Waals surface area (Å²) in [5, 5.41) is 6.32. The predicted octanol–water partition coefficient (Wildman–Crippen LogP) is 2.82. The molecular formula is C22H21ClN4O6S. The monoisotopic (exact) mass is 504 g/mol. The van der Waals surface area contributed by atoms with Crippen molar-refractivity contribution in [3.8, 4) is 5.75 Å². The fraction of sp³-hybridized carbons (Fsp3) is 0.136. The summed E-state index contributed by atoms with van der Waals surface area (Å²) in [5.74, 6) is -0.968. The van der Waals surface area contributed by atoms with E-state index in [-0.39, 0.29) is 22.2 Å². The molecule has 3 N–H and O–H groups in total. The van der Waals surface area contributed by atoms with Crippen LogP contribution >= 0.6 is 11.6 Å². The zero-order valence-electron chi connectivity index (χ0n) is 18.2. The number of methoxy groups -OCH3 is 1. The molecule has 0 bridgehead atoms. The average molecular weight is 505 g/mol. The van der Waals surface area contributed by atoms with Gasteiger partial charge in [-0.3, -0.25) is 9.59 Å². The SMILES string of the molecule is COc1ccc(NC(=O)C(=O)N/N=C/c2ccc(CNS(=O)(=O)c3ccc(C)cc3)o2)cc1Cl. The van der Waals surface area contributed by atoms with E-state index in [2.05, 4.69) is 20.6 Å².